The molecule has 0 aliphatic carbocycles. The Kier molecular flexibility index (Phi) is 3.33. The number of hydrogen-bond acceptors (Lipinski definition) is 2. The molecule has 3 nitrogen and oxygen atoms in total. The van der Waals surface area contributed by atoms with E-state index in [1.54, 1.807) is 0 Å². The molecule has 3 heteroatoms. The van der Waals surface area contributed by atoms with Crippen molar-refractivity contribution >= 4 is 11.0 Å². The van der Waals surface area contributed by atoms with Crippen LogP contribution < -0.4 is 0 Å². The highest BCUT2D eigenvalue weighted by molar-refractivity contribution is 5.75. The van der Waals surface area contributed by atoms with E-state index in [9.17, 15) is 0 Å². The lowest BCUT2D eigenvalue weighted by molar-refractivity contribution is 0.183. The largest absolute Gasteiger partial charge is 0.314 e. The summed E-state index contributed by atoms with van der Waals surface area (Å²) >= 11 is 0. The molecule has 0 atom stereocenters. The van der Waals surface area contributed by atoms with Crippen LogP contribution in [0.5, 0.6) is 0 Å². The molecule has 0 amide bonds. The lowest BCUT2D eigenvalue weighted by atomic mass is 10.1. The Morgan fingerprint density at radius 2 is 1.89 bits per heavy atom. The maximum atomic E-state index is 4.73. The maximum absolute atomic E-state index is 4.73. The van der Waals surface area contributed by atoms with Gasteiger partial charge in [0.1, 0.15) is 5.82 Å². The van der Waals surface area contributed by atoms with Crippen LogP contribution in [-0.2, 0) is 13.1 Å². The Labute approximate surface area is 108 Å². The van der Waals surface area contributed by atoms with Gasteiger partial charge in [0.05, 0.1) is 17.7 Å². The molecule has 2 aromatic rings. The molecular formula is C15H21N3. The summed E-state index contributed by atoms with van der Waals surface area (Å²) in [7, 11) is 0. The van der Waals surface area contributed by atoms with Gasteiger partial charge in [0.2, 0.25) is 0 Å². The van der Waals surface area contributed by atoms with E-state index in [2.05, 4.69) is 40.7 Å². The first kappa shape index (κ1) is 11.7. The second-order valence-corrected chi connectivity index (χ2v) is 5.12. The van der Waals surface area contributed by atoms with Crippen molar-refractivity contribution in [1.82, 2.24) is 14.5 Å². The van der Waals surface area contributed by atoms with E-state index in [0.29, 0.717) is 0 Å². The highest BCUT2D eigenvalue weighted by atomic mass is 15.3. The molecule has 1 aromatic carbocycles. The number of aryl methyl sites for hydroxylation is 1. The van der Waals surface area contributed by atoms with Gasteiger partial charge in [0, 0.05) is 6.42 Å². The Bertz CT molecular complexity index is 524. The van der Waals surface area contributed by atoms with Gasteiger partial charge >= 0.3 is 0 Å². The SMILES string of the molecule is CCc1nc2ccccc2n1CN1CCCCC1. The second kappa shape index (κ2) is 5.11. The maximum Gasteiger partial charge on any atom is 0.110 e. The Hall–Kier alpha value is -1.35. The summed E-state index contributed by atoms with van der Waals surface area (Å²) in [5.74, 6) is 1.21. The minimum atomic E-state index is 1.00. The van der Waals surface area contributed by atoms with Crippen LogP contribution >= 0.6 is 0 Å². The molecule has 96 valence electrons. The average molecular weight is 243 g/mol. The van der Waals surface area contributed by atoms with Gasteiger partial charge in [-0.3, -0.25) is 4.90 Å². The van der Waals surface area contributed by atoms with Gasteiger partial charge in [0.15, 0.2) is 0 Å². The van der Waals surface area contributed by atoms with Crippen LogP contribution in [0.4, 0.5) is 0 Å². The number of likely N-dealkylation sites (tertiary alicyclic amines) is 1. The predicted octanol–water partition coefficient (Wildman–Crippen LogP) is 3.04. The third-order valence-corrected chi connectivity index (χ3v) is 3.84. The van der Waals surface area contributed by atoms with E-state index in [0.717, 1.165) is 18.6 Å². The quantitative estimate of drug-likeness (QED) is 0.826. The van der Waals surface area contributed by atoms with Crippen LogP contribution in [0.25, 0.3) is 11.0 Å². The molecule has 0 radical (unpaired) electrons. The van der Waals surface area contributed by atoms with E-state index in [-0.39, 0.29) is 0 Å². The zero-order valence-electron chi connectivity index (χ0n) is 11.1. The number of benzene rings is 1. The van der Waals surface area contributed by atoms with Crippen LogP contribution in [0.2, 0.25) is 0 Å². The van der Waals surface area contributed by atoms with E-state index in [1.807, 2.05) is 0 Å². The van der Waals surface area contributed by atoms with Gasteiger partial charge < -0.3 is 4.57 Å². The van der Waals surface area contributed by atoms with Crippen molar-refractivity contribution in [2.24, 2.45) is 0 Å². The van der Waals surface area contributed by atoms with E-state index >= 15 is 0 Å². The molecule has 1 fully saturated rings. The number of aromatic nitrogens is 2. The molecule has 0 saturated carbocycles. The van der Waals surface area contributed by atoms with Gasteiger partial charge in [-0.2, -0.15) is 0 Å². The summed E-state index contributed by atoms with van der Waals surface area (Å²) in [6, 6.07) is 8.48. The topological polar surface area (TPSA) is 21.1 Å². The first-order valence-corrected chi connectivity index (χ1v) is 7.05. The van der Waals surface area contributed by atoms with Crippen molar-refractivity contribution in [3.05, 3.63) is 30.1 Å². The smallest absolute Gasteiger partial charge is 0.110 e. The number of para-hydroxylation sites is 2. The molecule has 0 bridgehead atoms. The molecule has 0 N–H and O–H groups in total. The number of hydrogen-bond donors (Lipinski definition) is 0. The summed E-state index contributed by atoms with van der Waals surface area (Å²) in [6.07, 6.45) is 5.08. The van der Waals surface area contributed by atoms with Crippen LogP contribution in [0.3, 0.4) is 0 Å². The molecule has 1 aromatic heterocycles. The lowest BCUT2D eigenvalue weighted by Gasteiger charge is -2.27. The second-order valence-electron chi connectivity index (χ2n) is 5.12. The highest BCUT2D eigenvalue weighted by Gasteiger charge is 2.14. The minimum Gasteiger partial charge on any atom is -0.314 e. The molecule has 1 saturated heterocycles. The average Bonchev–Trinajstić information content (AvgIpc) is 2.78. The number of fused-ring (bicyclic) bond motifs is 1. The molecule has 1 aliphatic heterocycles. The molecule has 0 unspecified atom stereocenters. The van der Waals surface area contributed by atoms with Crippen LogP contribution in [-0.4, -0.2) is 27.5 Å². The molecular weight excluding hydrogens is 222 g/mol. The van der Waals surface area contributed by atoms with Gasteiger partial charge in [0.25, 0.3) is 0 Å². The summed E-state index contributed by atoms with van der Waals surface area (Å²) in [6.45, 7) is 5.66. The summed E-state index contributed by atoms with van der Waals surface area (Å²) in [5.41, 5.74) is 2.41. The number of nitrogens with zero attached hydrogens (tertiary/aromatic N) is 3. The third-order valence-electron chi connectivity index (χ3n) is 3.84. The van der Waals surface area contributed by atoms with Crippen molar-refractivity contribution in [2.45, 2.75) is 39.3 Å². The lowest BCUT2D eigenvalue weighted by Crippen LogP contribution is -2.32. The molecule has 3 rings (SSSR count). The molecule has 0 spiro atoms. The Morgan fingerprint density at radius 3 is 2.67 bits per heavy atom. The third kappa shape index (κ3) is 2.15. The summed E-state index contributed by atoms with van der Waals surface area (Å²) < 4.78 is 2.39. The number of piperidine rings is 1. The fourth-order valence-corrected chi connectivity index (χ4v) is 2.85. The monoisotopic (exact) mass is 243 g/mol. The minimum absolute atomic E-state index is 1.00. The van der Waals surface area contributed by atoms with E-state index < -0.39 is 0 Å². The standard InChI is InChI=1S/C15H21N3/c1-2-15-16-13-8-4-5-9-14(13)18(15)12-17-10-6-3-7-11-17/h4-5,8-9H,2-3,6-7,10-12H2,1H3. The summed E-state index contributed by atoms with van der Waals surface area (Å²) in [4.78, 5) is 7.29. The van der Waals surface area contributed by atoms with Gasteiger partial charge in [-0.05, 0) is 38.1 Å². The van der Waals surface area contributed by atoms with E-state index in [4.69, 9.17) is 4.98 Å². The van der Waals surface area contributed by atoms with Crippen LogP contribution in [0.1, 0.15) is 32.0 Å². The van der Waals surface area contributed by atoms with Crippen molar-refractivity contribution in [3.8, 4) is 0 Å². The van der Waals surface area contributed by atoms with Crippen molar-refractivity contribution in [1.29, 1.82) is 0 Å². The molecule has 2 heterocycles. The van der Waals surface area contributed by atoms with Crippen molar-refractivity contribution in [3.63, 3.8) is 0 Å². The fourth-order valence-electron chi connectivity index (χ4n) is 2.85. The predicted molar refractivity (Wildman–Crippen MR) is 74.5 cm³/mol. The fraction of sp³-hybridized carbons (Fsp3) is 0.533. The first-order chi connectivity index (χ1) is 8.88. The Balaban J connectivity index is 1.93. The molecule has 1 aliphatic rings. The highest BCUT2D eigenvalue weighted by Crippen LogP contribution is 2.18. The van der Waals surface area contributed by atoms with Crippen LogP contribution in [0, 0.1) is 0 Å². The van der Waals surface area contributed by atoms with Crippen molar-refractivity contribution < 1.29 is 0 Å². The first-order valence-electron chi connectivity index (χ1n) is 7.05. The molecule has 18 heavy (non-hydrogen) atoms. The van der Waals surface area contributed by atoms with Gasteiger partial charge in [-0.15, -0.1) is 0 Å². The van der Waals surface area contributed by atoms with E-state index in [1.165, 1.54) is 43.7 Å². The zero-order valence-corrected chi connectivity index (χ0v) is 11.1. The van der Waals surface area contributed by atoms with Crippen molar-refractivity contribution in [2.75, 3.05) is 13.1 Å². The number of imidazole rings is 1. The number of rotatable bonds is 3. The van der Waals surface area contributed by atoms with Gasteiger partial charge in [-0.25, -0.2) is 4.98 Å². The summed E-state index contributed by atoms with van der Waals surface area (Å²) in [5, 5.41) is 0. The Morgan fingerprint density at radius 1 is 1.11 bits per heavy atom. The van der Waals surface area contributed by atoms with Gasteiger partial charge in [-0.1, -0.05) is 25.5 Å². The normalized spacial score (nSPS) is 17.4. The van der Waals surface area contributed by atoms with Crippen LogP contribution in [0.15, 0.2) is 24.3 Å². The zero-order chi connectivity index (χ0) is 12.4.